The van der Waals surface area contributed by atoms with Gasteiger partial charge in [0.15, 0.2) is 0 Å². The molecule has 8 nitrogen and oxygen atoms in total. The molecule has 0 heterocycles. The molecule has 0 unspecified atom stereocenters. The van der Waals surface area contributed by atoms with Crippen LogP contribution in [0.4, 0.5) is 5.69 Å². The van der Waals surface area contributed by atoms with Crippen LogP contribution in [0.1, 0.15) is 11.1 Å². The fourth-order valence-corrected chi connectivity index (χ4v) is 2.02. The predicted molar refractivity (Wildman–Crippen MR) is 85.1 cm³/mol. The molecule has 2 rings (SSSR count). The molecule has 24 heavy (non-hydrogen) atoms. The molecular formula is C16H13N2O6-. The highest BCUT2D eigenvalue weighted by molar-refractivity contribution is 5.70. The number of ether oxygens (including phenoxy) is 2. The average molecular weight is 329 g/mol. The highest BCUT2D eigenvalue weighted by atomic mass is 16.6. The first-order chi connectivity index (χ1) is 11.5. The van der Waals surface area contributed by atoms with Crippen LogP contribution in [-0.4, -0.2) is 17.0 Å². The summed E-state index contributed by atoms with van der Waals surface area (Å²) >= 11 is 0. The van der Waals surface area contributed by atoms with E-state index in [9.17, 15) is 20.2 Å². The number of nitro groups is 2. The highest BCUT2D eigenvalue weighted by Crippen LogP contribution is 2.38. The predicted octanol–water partition coefficient (Wildman–Crippen LogP) is 3.23. The summed E-state index contributed by atoms with van der Waals surface area (Å²) in [7, 11) is 1.38. The molecule has 124 valence electrons. The summed E-state index contributed by atoms with van der Waals surface area (Å²) in [4.78, 5) is 20.2. The van der Waals surface area contributed by atoms with Crippen molar-refractivity contribution < 1.29 is 19.3 Å². The van der Waals surface area contributed by atoms with Gasteiger partial charge in [0.1, 0.15) is 18.6 Å². The molecule has 0 atom stereocenters. The van der Waals surface area contributed by atoms with E-state index in [2.05, 4.69) is 0 Å². The Kier molecular flexibility index (Phi) is 5.45. The van der Waals surface area contributed by atoms with Gasteiger partial charge in [0.25, 0.3) is 0 Å². The van der Waals surface area contributed by atoms with Crippen LogP contribution in [0.15, 0.2) is 42.5 Å². The van der Waals surface area contributed by atoms with Crippen molar-refractivity contribution in [1.29, 1.82) is 0 Å². The maximum Gasteiger partial charge on any atom is 0.203 e. The molecule has 2 aromatic rings. The van der Waals surface area contributed by atoms with Crippen LogP contribution in [0, 0.1) is 26.4 Å². The van der Waals surface area contributed by atoms with Gasteiger partial charge in [-0.15, -0.1) is 6.08 Å². The number of hydrogen-bond donors (Lipinski definition) is 0. The lowest BCUT2D eigenvalue weighted by Crippen LogP contribution is -2.02. The molecule has 0 fully saturated rings. The minimum absolute atomic E-state index is 0.0462. The highest BCUT2D eigenvalue weighted by Gasteiger charge is 2.15. The Morgan fingerprint density at radius 3 is 2.42 bits per heavy atom. The quantitative estimate of drug-likeness (QED) is 0.334. The van der Waals surface area contributed by atoms with Crippen molar-refractivity contribution in [3.05, 3.63) is 80.0 Å². The monoisotopic (exact) mass is 329 g/mol. The van der Waals surface area contributed by atoms with Crippen LogP contribution in [0.3, 0.4) is 0 Å². The zero-order chi connectivity index (χ0) is 17.5. The number of nitrogens with zero attached hydrogens (tertiary/aromatic N) is 2. The maximum atomic E-state index is 11.2. The van der Waals surface area contributed by atoms with Crippen molar-refractivity contribution in [3.63, 3.8) is 0 Å². The fraction of sp³-hybridized carbons (Fsp3) is 0.125. The third kappa shape index (κ3) is 4.07. The Morgan fingerprint density at radius 1 is 1.12 bits per heavy atom. The van der Waals surface area contributed by atoms with E-state index in [1.165, 1.54) is 19.2 Å². The topological polar surface area (TPSA) is 105 Å². The largest absolute Gasteiger partial charge is 0.503 e. The summed E-state index contributed by atoms with van der Waals surface area (Å²) in [6.07, 6.45) is 2.71. The lowest BCUT2D eigenvalue weighted by Gasteiger charge is -2.18. The van der Waals surface area contributed by atoms with E-state index in [1.807, 2.05) is 30.3 Å². The number of benzene rings is 2. The second-order valence-electron chi connectivity index (χ2n) is 4.59. The number of rotatable bonds is 7. The average Bonchev–Trinajstić information content (AvgIpc) is 2.58. The third-order valence-electron chi connectivity index (χ3n) is 3.09. The molecule has 0 aliphatic carbocycles. The van der Waals surface area contributed by atoms with Gasteiger partial charge in [-0.1, -0.05) is 30.3 Å². The smallest absolute Gasteiger partial charge is 0.203 e. The Hall–Kier alpha value is -3.42. The molecular weight excluding hydrogens is 316 g/mol. The van der Waals surface area contributed by atoms with Gasteiger partial charge in [0, 0.05) is 11.0 Å². The first-order valence-electron chi connectivity index (χ1n) is 6.78. The van der Waals surface area contributed by atoms with Crippen LogP contribution in [0.5, 0.6) is 11.5 Å². The van der Waals surface area contributed by atoms with Gasteiger partial charge >= 0.3 is 0 Å². The Bertz CT molecular complexity index is 774. The Morgan fingerprint density at radius 2 is 1.83 bits per heavy atom. The summed E-state index contributed by atoms with van der Waals surface area (Å²) in [5.74, 6) is 0.276. The van der Waals surface area contributed by atoms with Gasteiger partial charge in [0.05, 0.1) is 12.9 Å². The van der Waals surface area contributed by atoms with Crippen molar-refractivity contribution in [1.82, 2.24) is 0 Å². The molecule has 0 aliphatic heterocycles. The van der Waals surface area contributed by atoms with Crippen LogP contribution in [0.2, 0.25) is 0 Å². The second kappa shape index (κ2) is 7.73. The minimum Gasteiger partial charge on any atom is -0.503 e. The molecule has 0 aliphatic rings. The lowest BCUT2D eigenvalue weighted by molar-refractivity contribution is -0.418. The standard InChI is InChI=1S/C16H13N2O6/c1-23-15-8-7-14(18(21)22)13(9-10-17(19)20)16(15)24-11-12-5-3-2-4-6-12/h2-9H,11H2,1H3/q-1. The Labute approximate surface area is 137 Å². The summed E-state index contributed by atoms with van der Waals surface area (Å²) < 4.78 is 10.8. The third-order valence-corrected chi connectivity index (χ3v) is 3.09. The maximum absolute atomic E-state index is 11.2. The van der Waals surface area contributed by atoms with Gasteiger partial charge in [-0.3, -0.25) is 20.2 Å². The first-order valence-corrected chi connectivity index (χ1v) is 6.78. The number of nitro benzene ring substituents is 1. The van der Waals surface area contributed by atoms with E-state index in [1.54, 1.807) is 6.20 Å². The molecule has 0 N–H and O–H groups in total. The molecule has 0 saturated carbocycles. The SMILES string of the molecule is COc1ccc([N+](=O)[O-])c(C=[C-][N+](=O)[O-])c1OCc1ccccc1. The van der Waals surface area contributed by atoms with Gasteiger partial charge in [-0.25, -0.2) is 0 Å². The van der Waals surface area contributed by atoms with Crippen molar-refractivity contribution in [2.45, 2.75) is 6.61 Å². The van der Waals surface area contributed by atoms with E-state index in [4.69, 9.17) is 9.47 Å². The van der Waals surface area contributed by atoms with Gasteiger partial charge in [-0.2, -0.15) is 0 Å². The van der Waals surface area contributed by atoms with Crippen molar-refractivity contribution in [2.75, 3.05) is 7.11 Å². The fourth-order valence-electron chi connectivity index (χ4n) is 2.02. The summed E-state index contributed by atoms with van der Waals surface area (Å²) in [5.41, 5.74) is 0.416. The van der Waals surface area contributed by atoms with Gasteiger partial charge in [0.2, 0.25) is 5.69 Å². The van der Waals surface area contributed by atoms with Crippen LogP contribution in [-0.2, 0) is 6.61 Å². The molecule has 8 heteroatoms. The van der Waals surface area contributed by atoms with Crippen molar-refractivity contribution in [2.24, 2.45) is 0 Å². The van der Waals surface area contributed by atoms with E-state index >= 15 is 0 Å². The van der Waals surface area contributed by atoms with E-state index in [0.717, 1.165) is 11.6 Å². The summed E-state index contributed by atoms with van der Waals surface area (Å²) in [6.45, 7) is 0.123. The minimum atomic E-state index is -0.829. The molecule has 0 bridgehead atoms. The second-order valence-corrected chi connectivity index (χ2v) is 4.59. The van der Waals surface area contributed by atoms with Crippen LogP contribution in [0.25, 0.3) is 6.08 Å². The Balaban J connectivity index is 2.46. The first kappa shape index (κ1) is 16.9. The van der Waals surface area contributed by atoms with Gasteiger partial charge in [-0.05, 0) is 22.1 Å². The van der Waals surface area contributed by atoms with E-state index in [-0.39, 0.29) is 29.4 Å². The summed E-state index contributed by atoms with van der Waals surface area (Å²) in [6, 6.07) is 11.7. The number of hydrogen-bond acceptors (Lipinski definition) is 6. The van der Waals surface area contributed by atoms with Crippen molar-refractivity contribution in [3.8, 4) is 11.5 Å². The lowest BCUT2D eigenvalue weighted by atomic mass is 10.1. The zero-order valence-corrected chi connectivity index (χ0v) is 12.7. The number of methoxy groups -OCH3 is 1. The molecule has 0 amide bonds. The molecule has 0 spiro atoms. The zero-order valence-electron chi connectivity index (χ0n) is 12.7. The molecule has 0 aromatic heterocycles. The molecule has 2 aromatic carbocycles. The van der Waals surface area contributed by atoms with E-state index in [0.29, 0.717) is 0 Å². The molecule has 0 saturated heterocycles. The van der Waals surface area contributed by atoms with Crippen LogP contribution < -0.4 is 9.47 Å². The van der Waals surface area contributed by atoms with Crippen molar-refractivity contribution >= 4 is 11.8 Å². The van der Waals surface area contributed by atoms with E-state index < -0.39 is 9.85 Å². The summed E-state index contributed by atoms with van der Waals surface area (Å²) in [5, 5.41) is 21.7. The molecule has 0 radical (unpaired) electrons. The normalized spacial score (nSPS) is 10.5. The van der Waals surface area contributed by atoms with Gasteiger partial charge < -0.3 is 9.47 Å². The van der Waals surface area contributed by atoms with Crippen LogP contribution >= 0.6 is 0 Å².